The lowest BCUT2D eigenvalue weighted by molar-refractivity contribution is 0.0515. The topological polar surface area (TPSA) is 78.7 Å². The fourth-order valence-corrected chi connectivity index (χ4v) is 3.70. The van der Waals surface area contributed by atoms with Crippen molar-refractivity contribution in [2.75, 3.05) is 31.7 Å². The van der Waals surface area contributed by atoms with Gasteiger partial charge in [0.05, 0.1) is 18.8 Å². The molecule has 4 heterocycles. The average Bonchev–Trinajstić information content (AvgIpc) is 3.32. The van der Waals surface area contributed by atoms with Gasteiger partial charge >= 0.3 is 5.97 Å². The molecule has 2 aromatic heterocycles. The summed E-state index contributed by atoms with van der Waals surface area (Å²) in [5.74, 6) is 0.966. The highest BCUT2D eigenvalue weighted by Gasteiger charge is 2.31. The number of anilines is 1. The van der Waals surface area contributed by atoms with Crippen LogP contribution in [0.4, 0.5) is 5.82 Å². The van der Waals surface area contributed by atoms with E-state index in [0.29, 0.717) is 30.3 Å². The average molecular weight is 386 g/mol. The monoisotopic (exact) mass is 386 g/mol. The number of hydrogen-bond acceptors (Lipinski definition) is 7. The van der Waals surface area contributed by atoms with Gasteiger partial charge in [-0.1, -0.05) is 0 Å². The summed E-state index contributed by atoms with van der Waals surface area (Å²) in [4.78, 5) is 19.4. The highest BCUT2D eigenvalue weighted by molar-refractivity contribution is 5.98. The van der Waals surface area contributed by atoms with Crippen LogP contribution in [0.25, 0.3) is 11.3 Å². The Kier molecular flexibility index (Phi) is 5.21. The Bertz CT molecular complexity index is 849. The maximum Gasteiger partial charge on any atom is 0.345 e. The summed E-state index contributed by atoms with van der Waals surface area (Å²) in [6, 6.07) is 3.91. The SMILES string of the molecule is CCOC(=O)c1c(-c2ccc(N3CC[C@H](OC)C3)nc2)nn2c1O[C@H](C)CC2. The second kappa shape index (κ2) is 7.79. The van der Waals surface area contributed by atoms with E-state index in [-0.39, 0.29) is 12.2 Å². The number of esters is 1. The number of pyridine rings is 1. The van der Waals surface area contributed by atoms with Gasteiger partial charge in [-0.05, 0) is 32.4 Å². The van der Waals surface area contributed by atoms with Crippen LogP contribution in [0.3, 0.4) is 0 Å². The summed E-state index contributed by atoms with van der Waals surface area (Å²) in [5, 5.41) is 4.63. The lowest BCUT2D eigenvalue weighted by Gasteiger charge is -2.21. The summed E-state index contributed by atoms with van der Waals surface area (Å²) >= 11 is 0. The Labute approximate surface area is 164 Å². The van der Waals surface area contributed by atoms with Gasteiger partial charge in [0.25, 0.3) is 0 Å². The predicted octanol–water partition coefficient (Wildman–Crippen LogP) is 2.52. The molecule has 150 valence electrons. The van der Waals surface area contributed by atoms with E-state index < -0.39 is 5.97 Å². The molecule has 0 N–H and O–H groups in total. The van der Waals surface area contributed by atoms with Crippen LogP contribution in [0.1, 0.15) is 37.0 Å². The highest BCUT2D eigenvalue weighted by atomic mass is 16.5. The van der Waals surface area contributed by atoms with Crippen LogP contribution in [0.15, 0.2) is 18.3 Å². The molecule has 8 nitrogen and oxygen atoms in total. The van der Waals surface area contributed by atoms with Gasteiger partial charge in [-0.25, -0.2) is 14.5 Å². The van der Waals surface area contributed by atoms with Crippen molar-refractivity contribution in [1.82, 2.24) is 14.8 Å². The number of ether oxygens (including phenoxy) is 3. The first-order valence-corrected chi connectivity index (χ1v) is 9.79. The predicted molar refractivity (Wildman–Crippen MR) is 104 cm³/mol. The maximum atomic E-state index is 12.6. The second-order valence-corrected chi connectivity index (χ2v) is 7.19. The van der Waals surface area contributed by atoms with Crippen LogP contribution in [0, 0.1) is 0 Å². The van der Waals surface area contributed by atoms with Crippen LogP contribution in [0.5, 0.6) is 5.88 Å². The van der Waals surface area contributed by atoms with E-state index in [1.165, 1.54) is 0 Å². The third-order valence-electron chi connectivity index (χ3n) is 5.27. The Morgan fingerprint density at radius 1 is 1.32 bits per heavy atom. The van der Waals surface area contributed by atoms with Gasteiger partial charge in [0.15, 0.2) is 0 Å². The molecule has 2 atom stereocenters. The first kappa shape index (κ1) is 18.7. The van der Waals surface area contributed by atoms with Gasteiger partial charge in [-0.15, -0.1) is 0 Å². The molecule has 0 unspecified atom stereocenters. The molecule has 8 heteroatoms. The number of nitrogens with zero attached hydrogens (tertiary/aromatic N) is 4. The molecule has 4 rings (SSSR count). The van der Waals surface area contributed by atoms with Crippen LogP contribution in [0.2, 0.25) is 0 Å². The van der Waals surface area contributed by atoms with Crippen molar-refractivity contribution in [2.24, 2.45) is 0 Å². The molecular formula is C20H26N4O4. The number of methoxy groups -OCH3 is 1. The Morgan fingerprint density at radius 2 is 2.18 bits per heavy atom. The van der Waals surface area contributed by atoms with E-state index in [1.54, 1.807) is 24.9 Å². The summed E-state index contributed by atoms with van der Waals surface area (Å²) in [5.41, 5.74) is 1.70. The molecule has 0 spiro atoms. The van der Waals surface area contributed by atoms with E-state index in [4.69, 9.17) is 14.2 Å². The van der Waals surface area contributed by atoms with Gasteiger partial charge in [0.2, 0.25) is 5.88 Å². The van der Waals surface area contributed by atoms with E-state index >= 15 is 0 Å². The largest absolute Gasteiger partial charge is 0.474 e. The van der Waals surface area contributed by atoms with Gasteiger partial charge < -0.3 is 19.1 Å². The molecule has 28 heavy (non-hydrogen) atoms. The normalized spacial score (nSPS) is 21.3. The second-order valence-electron chi connectivity index (χ2n) is 7.19. The van der Waals surface area contributed by atoms with Crippen molar-refractivity contribution >= 4 is 11.8 Å². The summed E-state index contributed by atoms with van der Waals surface area (Å²) < 4.78 is 18.4. The van der Waals surface area contributed by atoms with Gasteiger partial charge in [-0.3, -0.25) is 0 Å². The number of aromatic nitrogens is 3. The third-order valence-corrected chi connectivity index (χ3v) is 5.27. The zero-order chi connectivity index (χ0) is 19.7. The van der Waals surface area contributed by atoms with Gasteiger partial charge in [-0.2, -0.15) is 5.10 Å². The first-order valence-electron chi connectivity index (χ1n) is 9.79. The molecule has 0 amide bonds. The zero-order valence-electron chi connectivity index (χ0n) is 16.6. The molecule has 0 bridgehead atoms. The quantitative estimate of drug-likeness (QED) is 0.731. The summed E-state index contributed by atoms with van der Waals surface area (Å²) in [6.07, 6.45) is 3.89. The van der Waals surface area contributed by atoms with E-state index in [2.05, 4.69) is 15.0 Å². The number of fused-ring (bicyclic) bond motifs is 1. The van der Waals surface area contributed by atoms with Crippen molar-refractivity contribution in [2.45, 2.75) is 45.4 Å². The van der Waals surface area contributed by atoms with Crippen molar-refractivity contribution < 1.29 is 19.0 Å². The highest BCUT2D eigenvalue weighted by Crippen LogP contribution is 2.35. The lowest BCUT2D eigenvalue weighted by atomic mass is 10.1. The van der Waals surface area contributed by atoms with Crippen molar-refractivity contribution in [3.63, 3.8) is 0 Å². The number of carbonyl (C=O) groups excluding carboxylic acids is 1. The number of carbonyl (C=O) groups is 1. The Morgan fingerprint density at radius 3 is 2.86 bits per heavy atom. The molecule has 1 fully saturated rings. The summed E-state index contributed by atoms with van der Waals surface area (Å²) in [7, 11) is 1.74. The number of aryl methyl sites for hydroxylation is 1. The molecule has 2 aromatic rings. The maximum absolute atomic E-state index is 12.6. The van der Waals surface area contributed by atoms with E-state index in [1.807, 2.05) is 19.1 Å². The molecule has 2 aliphatic heterocycles. The third kappa shape index (κ3) is 3.44. The number of hydrogen-bond donors (Lipinski definition) is 0. The number of rotatable bonds is 5. The minimum absolute atomic E-state index is 0.0367. The smallest absolute Gasteiger partial charge is 0.345 e. The van der Waals surface area contributed by atoms with Gasteiger partial charge in [0.1, 0.15) is 17.1 Å². The van der Waals surface area contributed by atoms with Crippen LogP contribution < -0.4 is 9.64 Å². The molecular weight excluding hydrogens is 360 g/mol. The van der Waals surface area contributed by atoms with Crippen molar-refractivity contribution in [3.8, 4) is 17.1 Å². The first-order chi connectivity index (χ1) is 13.6. The van der Waals surface area contributed by atoms with Gasteiger partial charge in [0, 0.05) is 44.9 Å². The van der Waals surface area contributed by atoms with Crippen LogP contribution in [-0.4, -0.2) is 59.7 Å². The molecule has 2 aliphatic rings. The minimum Gasteiger partial charge on any atom is -0.474 e. The summed E-state index contributed by atoms with van der Waals surface area (Å²) in [6.45, 7) is 6.54. The lowest BCUT2D eigenvalue weighted by Crippen LogP contribution is -2.24. The Balaban J connectivity index is 1.66. The molecule has 1 saturated heterocycles. The minimum atomic E-state index is -0.417. The van der Waals surface area contributed by atoms with Crippen LogP contribution >= 0.6 is 0 Å². The molecule has 0 aromatic carbocycles. The van der Waals surface area contributed by atoms with Crippen molar-refractivity contribution in [3.05, 3.63) is 23.9 Å². The van der Waals surface area contributed by atoms with E-state index in [0.717, 1.165) is 37.3 Å². The fraction of sp³-hybridized carbons (Fsp3) is 0.550. The zero-order valence-corrected chi connectivity index (χ0v) is 16.6. The van der Waals surface area contributed by atoms with Crippen molar-refractivity contribution in [1.29, 1.82) is 0 Å². The van der Waals surface area contributed by atoms with Crippen LogP contribution in [-0.2, 0) is 16.0 Å². The standard InChI is InChI=1S/C20H26N4O4/c1-4-27-20(25)17-18(22-24-10-7-13(2)28-19(17)24)14-5-6-16(21-11-14)23-9-8-15(12-23)26-3/h5-6,11,13,15H,4,7-10,12H2,1-3H3/t13-,15+/m1/s1. The fourth-order valence-electron chi connectivity index (χ4n) is 3.70. The Hall–Kier alpha value is -2.61. The molecule has 0 aliphatic carbocycles. The molecule has 0 saturated carbocycles. The van der Waals surface area contributed by atoms with E-state index in [9.17, 15) is 4.79 Å². The molecule has 0 radical (unpaired) electrons.